The van der Waals surface area contributed by atoms with Gasteiger partial charge < -0.3 is 14.4 Å². The van der Waals surface area contributed by atoms with Crippen molar-refractivity contribution in [3.63, 3.8) is 0 Å². The number of carbonyl (C=O) groups is 1. The van der Waals surface area contributed by atoms with Crippen LogP contribution in [0.2, 0.25) is 0 Å². The van der Waals surface area contributed by atoms with E-state index in [4.69, 9.17) is 9.47 Å². The first-order valence-corrected chi connectivity index (χ1v) is 9.55. The molecule has 4 heteroatoms. The molecule has 0 bridgehead atoms. The van der Waals surface area contributed by atoms with Crippen molar-refractivity contribution in [3.8, 4) is 11.5 Å². The molecule has 0 fully saturated rings. The molecule has 0 aliphatic heterocycles. The van der Waals surface area contributed by atoms with Crippen molar-refractivity contribution in [2.45, 2.75) is 58.8 Å². The van der Waals surface area contributed by atoms with E-state index in [2.05, 4.69) is 13.8 Å². The number of carbonyl (C=O) groups excluding carboxylic acids is 1. The van der Waals surface area contributed by atoms with E-state index in [1.807, 2.05) is 6.07 Å². The van der Waals surface area contributed by atoms with Gasteiger partial charge in [0.1, 0.15) is 11.5 Å². The van der Waals surface area contributed by atoms with E-state index in [1.165, 1.54) is 38.5 Å². The summed E-state index contributed by atoms with van der Waals surface area (Å²) < 4.78 is 11.2. The van der Waals surface area contributed by atoms with E-state index in [0.29, 0.717) is 17.9 Å². The Kier molecular flexibility index (Phi) is 10.0. The summed E-state index contributed by atoms with van der Waals surface area (Å²) in [4.78, 5) is 13.7. The zero-order valence-electron chi connectivity index (χ0n) is 16.6. The quantitative estimate of drug-likeness (QED) is 0.489. The molecule has 1 rings (SSSR count). The highest BCUT2D eigenvalue weighted by atomic mass is 16.5. The third-order valence-electron chi connectivity index (χ3n) is 4.48. The van der Waals surface area contributed by atoms with E-state index in [9.17, 15) is 4.79 Å². The van der Waals surface area contributed by atoms with Crippen LogP contribution in [0, 0.1) is 5.92 Å². The van der Waals surface area contributed by atoms with Crippen molar-refractivity contribution in [3.05, 3.63) is 23.8 Å². The number of hydrogen-bond donors (Lipinski definition) is 0. The summed E-state index contributed by atoms with van der Waals surface area (Å²) >= 11 is 0. The second-order valence-corrected chi connectivity index (χ2v) is 6.85. The molecule has 142 valence electrons. The average molecular weight is 350 g/mol. The lowest BCUT2D eigenvalue weighted by Gasteiger charge is -2.16. The number of methoxy groups -OCH3 is 1. The highest BCUT2D eigenvalue weighted by Gasteiger charge is 2.15. The fourth-order valence-corrected chi connectivity index (χ4v) is 3.15. The van der Waals surface area contributed by atoms with Gasteiger partial charge in [-0.1, -0.05) is 46.0 Å². The number of unbranched alkanes of at least 4 members (excludes halogenated alkanes) is 1. The van der Waals surface area contributed by atoms with E-state index in [-0.39, 0.29) is 5.91 Å². The van der Waals surface area contributed by atoms with Crippen molar-refractivity contribution in [1.29, 1.82) is 0 Å². The lowest BCUT2D eigenvalue weighted by molar-refractivity contribution is 0.0824. The third kappa shape index (κ3) is 7.37. The molecular weight excluding hydrogens is 314 g/mol. The summed E-state index contributed by atoms with van der Waals surface area (Å²) in [6.07, 6.45) is 8.80. The van der Waals surface area contributed by atoms with Gasteiger partial charge in [0.2, 0.25) is 0 Å². The molecule has 0 aliphatic rings. The zero-order chi connectivity index (χ0) is 18.7. The molecule has 0 saturated carbocycles. The second-order valence-electron chi connectivity index (χ2n) is 6.85. The summed E-state index contributed by atoms with van der Waals surface area (Å²) in [6.45, 7) is 5.24. The van der Waals surface area contributed by atoms with Crippen LogP contribution in [0.1, 0.15) is 69.2 Å². The SMILES string of the molecule is CCCC(CCC)CCCCOc1ccc(C(=O)N(C)C)c(OC)c1. The molecular formula is C21H35NO3. The largest absolute Gasteiger partial charge is 0.496 e. The standard InChI is InChI=1S/C21H35NO3/c1-6-10-17(11-7-2)12-8-9-15-25-18-13-14-19(20(16-18)24-5)21(23)22(3)4/h13-14,16-17H,6-12,15H2,1-5H3. The summed E-state index contributed by atoms with van der Waals surface area (Å²) in [6, 6.07) is 5.42. The van der Waals surface area contributed by atoms with Crippen LogP contribution in [0.15, 0.2) is 18.2 Å². The van der Waals surface area contributed by atoms with Gasteiger partial charge in [-0.15, -0.1) is 0 Å². The maximum atomic E-state index is 12.1. The molecule has 0 radical (unpaired) electrons. The minimum Gasteiger partial charge on any atom is -0.496 e. The van der Waals surface area contributed by atoms with Crippen LogP contribution in [0.3, 0.4) is 0 Å². The lowest BCUT2D eigenvalue weighted by Crippen LogP contribution is -2.22. The number of nitrogens with zero attached hydrogens (tertiary/aromatic N) is 1. The van der Waals surface area contributed by atoms with Gasteiger partial charge >= 0.3 is 0 Å². The Balaban J connectivity index is 2.46. The molecule has 1 aromatic rings. The Morgan fingerprint density at radius 2 is 1.76 bits per heavy atom. The van der Waals surface area contributed by atoms with E-state index >= 15 is 0 Å². The van der Waals surface area contributed by atoms with Gasteiger partial charge in [-0.2, -0.15) is 0 Å². The van der Waals surface area contributed by atoms with Gasteiger partial charge in [0, 0.05) is 20.2 Å². The Labute approximate surface area is 153 Å². The normalized spacial score (nSPS) is 10.8. The number of hydrogen-bond acceptors (Lipinski definition) is 3. The predicted molar refractivity (Wildman–Crippen MR) is 104 cm³/mol. The Bertz CT molecular complexity index is 508. The number of amides is 1. The molecule has 25 heavy (non-hydrogen) atoms. The molecule has 0 spiro atoms. The van der Waals surface area contributed by atoms with Crippen molar-refractivity contribution >= 4 is 5.91 Å². The van der Waals surface area contributed by atoms with Crippen molar-refractivity contribution < 1.29 is 14.3 Å². The minimum atomic E-state index is -0.0682. The van der Waals surface area contributed by atoms with Gasteiger partial charge in [-0.25, -0.2) is 0 Å². The van der Waals surface area contributed by atoms with E-state index in [0.717, 1.165) is 18.1 Å². The van der Waals surface area contributed by atoms with Crippen LogP contribution in [-0.2, 0) is 0 Å². The van der Waals surface area contributed by atoms with Crippen LogP contribution in [0.25, 0.3) is 0 Å². The first-order valence-electron chi connectivity index (χ1n) is 9.55. The monoisotopic (exact) mass is 349 g/mol. The fraction of sp³-hybridized carbons (Fsp3) is 0.667. The molecule has 1 aromatic carbocycles. The van der Waals surface area contributed by atoms with Crippen LogP contribution < -0.4 is 9.47 Å². The predicted octanol–water partition coefficient (Wildman–Crippen LogP) is 5.16. The first-order chi connectivity index (χ1) is 12.0. The van der Waals surface area contributed by atoms with E-state index < -0.39 is 0 Å². The fourth-order valence-electron chi connectivity index (χ4n) is 3.15. The number of ether oxygens (including phenoxy) is 2. The Hall–Kier alpha value is -1.71. The molecule has 1 amide bonds. The van der Waals surface area contributed by atoms with Crippen LogP contribution >= 0.6 is 0 Å². The molecule has 4 nitrogen and oxygen atoms in total. The summed E-state index contributed by atoms with van der Waals surface area (Å²) in [5.74, 6) is 2.11. The maximum absolute atomic E-state index is 12.1. The number of rotatable bonds is 12. The molecule has 0 unspecified atom stereocenters. The third-order valence-corrected chi connectivity index (χ3v) is 4.48. The van der Waals surface area contributed by atoms with Gasteiger partial charge in [0.05, 0.1) is 19.3 Å². The summed E-state index contributed by atoms with van der Waals surface area (Å²) in [5, 5.41) is 0. The van der Waals surface area contributed by atoms with E-state index in [1.54, 1.807) is 38.2 Å². The van der Waals surface area contributed by atoms with Crippen molar-refractivity contribution in [1.82, 2.24) is 4.90 Å². The zero-order valence-corrected chi connectivity index (χ0v) is 16.6. The molecule has 0 aromatic heterocycles. The smallest absolute Gasteiger partial charge is 0.257 e. The van der Waals surface area contributed by atoms with Gasteiger partial charge in [-0.3, -0.25) is 4.79 Å². The Morgan fingerprint density at radius 3 is 2.32 bits per heavy atom. The molecule has 0 atom stereocenters. The topological polar surface area (TPSA) is 38.8 Å². The van der Waals surface area contributed by atoms with Gasteiger partial charge in [-0.05, 0) is 30.9 Å². The number of benzene rings is 1. The highest BCUT2D eigenvalue weighted by molar-refractivity contribution is 5.96. The second kappa shape index (κ2) is 11.8. The molecule has 0 N–H and O–H groups in total. The Morgan fingerprint density at radius 1 is 1.08 bits per heavy atom. The van der Waals surface area contributed by atoms with Gasteiger partial charge in [0.15, 0.2) is 0 Å². The molecule has 0 saturated heterocycles. The van der Waals surface area contributed by atoms with Crippen LogP contribution in [-0.4, -0.2) is 38.6 Å². The minimum absolute atomic E-state index is 0.0682. The van der Waals surface area contributed by atoms with Gasteiger partial charge in [0.25, 0.3) is 5.91 Å². The highest BCUT2D eigenvalue weighted by Crippen LogP contribution is 2.26. The summed E-state index contributed by atoms with van der Waals surface area (Å²) in [5.41, 5.74) is 0.557. The van der Waals surface area contributed by atoms with Crippen molar-refractivity contribution in [2.24, 2.45) is 5.92 Å². The first kappa shape index (κ1) is 21.3. The van der Waals surface area contributed by atoms with Crippen LogP contribution in [0.5, 0.6) is 11.5 Å². The van der Waals surface area contributed by atoms with Crippen molar-refractivity contribution in [2.75, 3.05) is 27.8 Å². The lowest BCUT2D eigenvalue weighted by atomic mass is 9.93. The molecule has 0 aliphatic carbocycles. The maximum Gasteiger partial charge on any atom is 0.257 e. The van der Waals surface area contributed by atoms with Crippen LogP contribution in [0.4, 0.5) is 0 Å². The summed E-state index contributed by atoms with van der Waals surface area (Å²) in [7, 11) is 5.04. The molecule has 0 heterocycles. The average Bonchev–Trinajstić information content (AvgIpc) is 2.60.